The summed E-state index contributed by atoms with van der Waals surface area (Å²) < 4.78 is 5.03. The Balaban J connectivity index is 2.44. The molecule has 1 aromatic carbocycles. The first-order valence-corrected chi connectivity index (χ1v) is 6.58. The second-order valence-corrected chi connectivity index (χ2v) is 5.77. The summed E-state index contributed by atoms with van der Waals surface area (Å²) in [6.07, 6.45) is -0.625. The van der Waals surface area contributed by atoms with Gasteiger partial charge >= 0.3 is 6.09 Å². The van der Waals surface area contributed by atoms with Crippen LogP contribution in [0.5, 0.6) is 0 Å². The lowest BCUT2D eigenvalue weighted by Gasteiger charge is -2.19. The summed E-state index contributed by atoms with van der Waals surface area (Å²) in [4.78, 5) is 23.0. The highest BCUT2D eigenvalue weighted by molar-refractivity contribution is 6.31. The molecule has 0 unspecified atom stereocenters. The van der Waals surface area contributed by atoms with Crippen LogP contribution in [0.2, 0.25) is 5.02 Å². The highest BCUT2D eigenvalue weighted by atomic mass is 35.5. The molecule has 6 heteroatoms. The van der Waals surface area contributed by atoms with E-state index in [9.17, 15) is 9.59 Å². The van der Waals surface area contributed by atoms with Crippen molar-refractivity contribution >= 4 is 29.3 Å². The molecule has 1 aromatic rings. The molecular formula is C14H19ClN2O3. The maximum Gasteiger partial charge on any atom is 0.408 e. The normalized spacial score (nSPS) is 10.8. The maximum absolute atomic E-state index is 11.7. The van der Waals surface area contributed by atoms with Crippen molar-refractivity contribution < 1.29 is 14.3 Å². The molecular weight excluding hydrogens is 280 g/mol. The molecule has 0 aliphatic carbocycles. The van der Waals surface area contributed by atoms with Crippen LogP contribution in [0.3, 0.4) is 0 Å². The summed E-state index contributed by atoms with van der Waals surface area (Å²) in [6, 6.07) is 5.15. The van der Waals surface area contributed by atoms with E-state index in [1.807, 2.05) is 6.92 Å². The molecule has 0 aliphatic rings. The van der Waals surface area contributed by atoms with E-state index in [2.05, 4.69) is 10.6 Å². The number of anilines is 1. The molecule has 0 aromatic heterocycles. The van der Waals surface area contributed by atoms with Gasteiger partial charge in [0.15, 0.2) is 0 Å². The third kappa shape index (κ3) is 5.93. The van der Waals surface area contributed by atoms with Crippen molar-refractivity contribution in [2.75, 3.05) is 11.9 Å². The number of nitrogens with one attached hydrogen (secondary N) is 2. The monoisotopic (exact) mass is 298 g/mol. The van der Waals surface area contributed by atoms with Crippen LogP contribution in [-0.2, 0) is 9.53 Å². The van der Waals surface area contributed by atoms with Crippen molar-refractivity contribution in [1.29, 1.82) is 0 Å². The first-order valence-electron chi connectivity index (χ1n) is 6.20. The van der Waals surface area contributed by atoms with Gasteiger partial charge in [0.05, 0.1) is 0 Å². The van der Waals surface area contributed by atoms with Crippen LogP contribution < -0.4 is 10.6 Å². The summed E-state index contributed by atoms with van der Waals surface area (Å²) in [5.41, 5.74) is 0.904. The van der Waals surface area contributed by atoms with Gasteiger partial charge in [-0.3, -0.25) is 4.79 Å². The molecule has 0 heterocycles. The van der Waals surface area contributed by atoms with Crippen LogP contribution in [0, 0.1) is 6.92 Å². The number of ether oxygens (including phenoxy) is 1. The molecule has 0 aliphatic heterocycles. The van der Waals surface area contributed by atoms with E-state index in [0.29, 0.717) is 10.7 Å². The van der Waals surface area contributed by atoms with Crippen LogP contribution in [0.1, 0.15) is 26.3 Å². The lowest BCUT2D eigenvalue weighted by molar-refractivity contribution is -0.115. The van der Waals surface area contributed by atoms with Crippen LogP contribution in [0.25, 0.3) is 0 Å². The average Bonchev–Trinajstić information content (AvgIpc) is 2.29. The molecule has 0 spiro atoms. The Bertz CT molecular complexity index is 510. The number of halogens is 1. The number of carbonyl (C=O) groups is 2. The highest BCUT2D eigenvalue weighted by Crippen LogP contribution is 2.19. The lowest BCUT2D eigenvalue weighted by atomic mass is 10.2. The number of rotatable bonds is 3. The summed E-state index contributed by atoms with van der Waals surface area (Å²) >= 11 is 5.90. The van der Waals surface area contributed by atoms with Gasteiger partial charge in [0, 0.05) is 10.7 Å². The molecule has 1 rings (SSSR count). The number of aryl methyl sites for hydroxylation is 1. The van der Waals surface area contributed by atoms with Gasteiger partial charge in [-0.1, -0.05) is 11.6 Å². The Kier molecular flexibility index (Phi) is 5.39. The third-order valence-electron chi connectivity index (χ3n) is 2.23. The molecule has 0 saturated heterocycles. The van der Waals surface area contributed by atoms with Gasteiger partial charge in [0.1, 0.15) is 12.1 Å². The van der Waals surface area contributed by atoms with Crippen molar-refractivity contribution in [2.24, 2.45) is 0 Å². The Morgan fingerprint density at radius 2 is 1.95 bits per heavy atom. The standard InChI is InChI=1S/C14H19ClN2O3/c1-9-7-10(5-6-11(9)15)17-12(18)8-16-13(19)20-14(2,3)4/h5-7H,8H2,1-4H3,(H,16,19)(H,17,18). The molecule has 0 atom stereocenters. The highest BCUT2D eigenvalue weighted by Gasteiger charge is 2.16. The Morgan fingerprint density at radius 1 is 1.30 bits per heavy atom. The van der Waals surface area contributed by atoms with E-state index < -0.39 is 11.7 Å². The number of hydrogen-bond donors (Lipinski definition) is 2. The van der Waals surface area contributed by atoms with Crippen molar-refractivity contribution in [1.82, 2.24) is 5.32 Å². The van der Waals surface area contributed by atoms with E-state index >= 15 is 0 Å². The number of benzene rings is 1. The minimum atomic E-state index is -0.625. The van der Waals surface area contributed by atoms with Crippen LogP contribution in [-0.4, -0.2) is 24.1 Å². The van der Waals surface area contributed by atoms with Crippen molar-refractivity contribution in [3.05, 3.63) is 28.8 Å². The van der Waals surface area contributed by atoms with Crippen LogP contribution in [0.4, 0.5) is 10.5 Å². The van der Waals surface area contributed by atoms with E-state index in [1.54, 1.807) is 39.0 Å². The fraction of sp³-hybridized carbons (Fsp3) is 0.429. The quantitative estimate of drug-likeness (QED) is 0.901. The molecule has 2 N–H and O–H groups in total. The van der Waals surface area contributed by atoms with Gasteiger partial charge in [-0.2, -0.15) is 0 Å². The van der Waals surface area contributed by atoms with Crippen molar-refractivity contribution in [2.45, 2.75) is 33.3 Å². The van der Waals surface area contributed by atoms with E-state index in [0.717, 1.165) is 5.56 Å². The van der Waals surface area contributed by atoms with Crippen molar-refractivity contribution in [3.63, 3.8) is 0 Å². The first kappa shape index (κ1) is 16.3. The summed E-state index contributed by atoms with van der Waals surface area (Å²) in [6.45, 7) is 6.95. The topological polar surface area (TPSA) is 67.4 Å². The zero-order valence-corrected chi connectivity index (χ0v) is 12.8. The Morgan fingerprint density at radius 3 is 2.50 bits per heavy atom. The molecule has 0 radical (unpaired) electrons. The van der Waals surface area contributed by atoms with Crippen molar-refractivity contribution in [3.8, 4) is 0 Å². The van der Waals surface area contributed by atoms with Gasteiger partial charge in [0.25, 0.3) is 0 Å². The minimum Gasteiger partial charge on any atom is -0.444 e. The Hall–Kier alpha value is -1.75. The SMILES string of the molecule is Cc1cc(NC(=O)CNC(=O)OC(C)(C)C)ccc1Cl. The Labute approximate surface area is 123 Å². The fourth-order valence-corrected chi connectivity index (χ4v) is 1.51. The van der Waals surface area contributed by atoms with Gasteiger partial charge in [-0.15, -0.1) is 0 Å². The van der Waals surface area contributed by atoms with Gasteiger partial charge in [-0.25, -0.2) is 4.79 Å². The zero-order chi connectivity index (χ0) is 15.3. The number of alkyl carbamates (subject to hydrolysis) is 1. The van der Waals surface area contributed by atoms with E-state index in [1.165, 1.54) is 0 Å². The predicted molar refractivity (Wildman–Crippen MR) is 79.1 cm³/mol. The second-order valence-electron chi connectivity index (χ2n) is 5.37. The van der Waals surface area contributed by atoms with Gasteiger partial charge in [0.2, 0.25) is 5.91 Å². The van der Waals surface area contributed by atoms with Crippen LogP contribution in [0.15, 0.2) is 18.2 Å². The number of amides is 2. The van der Waals surface area contributed by atoms with Crippen LogP contribution >= 0.6 is 11.6 Å². The molecule has 110 valence electrons. The third-order valence-corrected chi connectivity index (χ3v) is 2.66. The summed E-state index contributed by atoms with van der Waals surface area (Å²) in [5.74, 6) is -0.336. The molecule has 5 nitrogen and oxygen atoms in total. The minimum absolute atomic E-state index is 0.156. The first-order chi connectivity index (χ1) is 9.17. The smallest absolute Gasteiger partial charge is 0.408 e. The maximum atomic E-state index is 11.7. The molecule has 20 heavy (non-hydrogen) atoms. The second kappa shape index (κ2) is 6.61. The zero-order valence-electron chi connectivity index (χ0n) is 12.0. The van der Waals surface area contributed by atoms with E-state index in [-0.39, 0.29) is 12.5 Å². The van der Waals surface area contributed by atoms with Gasteiger partial charge in [-0.05, 0) is 51.5 Å². The van der Waals surface area contributed by atoms with Gasteiger partial charge < -0.3 is 15.4 Å². The lowest BCUT2D eigenvalue weighted by Crippen LogP contribution is -2.37. The molecule has 2 amide bonds. The fourth-order valence-electron chi connectivity index (χ4n) is 1.39. The number of carbonyl (C=O) groups excluding carboxylic acids is 2. The number of hydrogen-bond acceptors (Lipinski definition) is 3. The average molecular weight is 299 g/mol. The molecule has 0 bridgehead atoms. The molecule has 0 saturated carbocycles. The van der Waals surface area contributed by atoms with E-state index in [4.69, 9.17) is 16.3 Å². The summed E-state index contributed by atoms with van der Waals surface area (Å²) in [5, 5.41) is 5.68. The summed E-state index contributed by atoms with van der Waals surface area (Å²) in [7, 11) is 0. The largest absolute Gasteiger partial charge is 0.444 e. The predicted octanol–water partition coefficient (Wildman–Crippen LogP) is 3.11. The molecule has 0 fully saturated rings.